The number of nitrogens with zero attached hydrogens (tertiary/aromatic N) is 2. The van der Waals surface area contributed by atoms with Gasteiger partial charge in [-0.15, -0.1) is 0 Å². The fourth-order valence-corrected chi connectivity index (χ4v) is 1.94. The number of nitro groups is 1. The first kappa shape index (κ1) is 14.4. The zero-order valence-electron chi connectivity index (χ0n) is 11.1. The lowest BCUT2D eigenvalue weighted by atomic mass is 10.1. The second-order valence-corrected chi connectivity index (χ2v) is 4.40. The maximum absolute atomic E-state index is 10.9. The number of aromatic nitrogens is 1. The van der Waals surface area contributed by atoms with Crippen molar-refractivity contribution in [2.45, 2.75) is 52.0 Å². The molecular weight excluding hydrogens is 230 g/mol. The highest BCUT2D eigenvalue weighted by molar-refractivity contribution is 5.55. The van der Waals surface area contributed by atoms with Gasteiger partial charge < -0.3 is 5.32 Å². The van der Waals surface area contributed by atoms with E-state index in [1.807, 2.05) is 0 Å². The van der Waals surface area contributed by atoms with Crippen LogP contribution in [0.1, 0.15) is 46.0 Å². The molecule has 1 rings (SSSR count). The lowest BCUT2D eigenvalue weighted by Crippen LogP contribution is -2.20. The molecule has 0 radical (unpaired) electrons. The van der Waals surface area contributed by atoms with Gasteiger partial charge in [-0.2, -0.15) is 0 Å². The molecule has 0 aliphatic rings. The average molecular weight is 251 g/mol. The Balaban J connectivity index is 2.76. The Morgan fingerprint density at radius 2 is 2.17 bits per heavy atom. The Hall–Kier alpha value is -1.65. The van der Waals surface area contributed by atoms with E-state index in [9.17, 15) is 10.1 Å². The van der Waals surface area contributed by atoms with Gasteiger partial charge in [0.25, 0.3) is 0 Å². The Kier molecular flexibility index (Phi) is 6.11. The van der Waals surface area contributed by atoms with Crippen molar-refractivity contribution in [1.29, 1.82) is 0 Å². The smallest absolute Gasteiger partial charge is 0.311 e. The molecule has 1 N–H and O–H groups in total. The number of anilines is 1. The van der Waals surface area contributed by atoms with Crippen LogP contribution in [0.5, 0.6) is 0 Å². The molecule has 0 amide bonds. The summed E-state index contributed by atoms with van der Waals surface area (Å²) >= 11 is 0. The fraction of sp³-hybridized carbons (Fsp3) is 0.615. The Bertz CT molecular complexity index is 382. The van der Waals surface area contributed by atoms with Crippen LogP contribution < -0.4 is 5.32 Å². The van der Waals surface area contributed by atoms with Gasteiger partial charge in [-0.3, -0.25) is 10.1 Å². The van der Waals surface area contributed by atoms with E-state index in [1.54, 1.807) is 12.3 Å². The van der Waals surface area contributed by atoms with E-state index >= 15 is 0 Å². The van der Waals surface area contributed by atoms with E-state index < -0.39 is 4.92 Å². The van der Waals surface area contributed by atoms with Crippen molar-refractivity contribution in [3.8, 4) is 0 Å². The minimum Gasteiger partial charge on any atom is -0.362 e. The maximum atomic E-state index is 10.9. The van der Waals surface area contributed by atoms with E-state index in [-0.39, 0.29) is 11.7 Å². The first-order valence-electron chi connectivity index (χ1n) is 6.55. The van der Waals surface area contributed by atoms with Crippen LogP contribution in [0.4, 0.5) is 11.5 Å². The van der Waals surface area contributed by atoms with Gasteiger partial charge in [-0.05, 0) is 18.9 Å². The highest BCUT2D eigenvalue weighted by atomic mass is 16.6. The molecule has 0 aliphatic heterocycles. The lowest BCUT2D eigenvalue weighted by molar-refractivity contribution is -0.384. The number of rotatable bonds is 8. The second-order valence-electron chi connectivity index (χ2n) is 4.40. The molecule has 1 aromatic rings. The van der Waals surface area contributed by atoms with Gasteiger partial charge in [-0.25, -0.2) is 4.98 Å². The van der Waals surface area contributed by atoms with E-state index in [0.717, 1.165) is 32.1 Å². The van der Waals surface area contributed by atoms with Crippen LogP contribution in [-0.2, 0) is 0 Å². The van der Waals surface area contributed by atoms with Crippen molar-refractivity contribution < 1.29 is 4.92 Å². The highest BCUT2D eigenvalue weighted by Gasteiger charge is 2.17. The summed E-state index contributed by atoms with van der Waals surface area (Å²) in [5.74, 6) is 0.386. The first-order valence-corrected chi connectivity index (χ1v) is 6.55. The normalized spacial score (nSPS) is 12.1. The monoisotopic (exact) mass is 251 g/mol. The van der Waals surface area contributed by atoms with Gasteiger partial charge in [0, 0.05) is 18.3 Å². The topological polar surface area (TPSA) is 68.1 Å². The summed E-state index contributed by atoms with van der Waals surface area (Å²) in [6.45, 7) is 4.26. The third-order valence-electron chi connectivity index (χ3n) is 2.87. The Morgan fingerprint density at radius 3 is 2.78 bits per heavy atom. The van der Waals surface area contributed by atoms with Crippen LogP contribution in [0, 0.1) is 10.1 Å². The van der Waals surface area contributed by atoms with E-state index in [0.29, 0.717) is 5.82 Å². The molecule has 0 bridgehead atoms. The summed E-state index contributed by atoms with van der Waals surface area (Å²) in [6.07, 6.45) is 6.93. The van der Waals surface area contributed by atoms with Crippen molar-refractivity contribution in [3.63, 3.8) is 0 Å². The minimum absolute atomic E-state index is 0.0510. The maximum Gasteiger partial charge on any atom is 0.311 e. The van der Waals surface area contributed by atoms with Crippen molar-refractivity contribution in [2.24, 2.45) is 0 Å². The summed E-state index contributed by atoms with van der Waals surface area (Å²) in [7, 11) is 0. The van der Waals surface area contributed by atoms with Crippen LogP contribution in [0.2, 0.25) is 0 Å². The van der Waals surface area contributed by atoms with Crippen LogP contribution in [-0.4, -0.2) is 15.9 Å². The quantitative estimate of drug-likeness (QED) is 0.564. The third kappa shape index (κ3) is 4.31. The Labute approximate surface area is 108 Å². The molecule has 18 heavy (non-hydrogen) atoms. The van der Waals surface area contributed by atoms with Gasteiger partial charge in [0.2, 0.25) is 5.82 Å². The van der Waals surface area contributed by atoms with Crippen LogP contribution in [0.15, 0.2) is 18.3 Å². The molecule has 5 nitrogen and oxygen atoms in total. The molecule has 1 atom stereocenters. The standard InChI is InChI=1S/C13H21N3O2/c1-3-5-8-11(7-4-2)15-13-12(16(17)18)9-6-10-14-13/h6,9-11H,3-5,7-8H2,1-2H3,(H,14,15). The van der Waals surface area contributed by atoms with Gasteiger partial charge in [-0.1, -0.05) is 33.1 Å². The summed E-state index contributed by atoms with van der Waals surface area (Å²) in [5, 5.41) is 14.1. The number of pyridine rings is 1. The van der Waals surface area contributed by atoms with Crippen molar-refractivity contribution in [2.75, 3.05) is 5.32 Å². The molecular formula is C13H21N3O2. The SMILES string of the molecule is CCCCC(CCC)Nc1ncccc1[N+](=O)[O-]. The fourth-order valence-electron chi connectivity index (χ4n) is 1.94. The molecule has 100 valence electrons. The molecule has 0 fully saturated rings. The van der Waals surface area contributed by atoms with E-state index in [1.165, 1.54) is 6.07 Å². The number of nitrogens with one attached hydrogen (secondary N) is 1. The molecule has 1 heterocycles. The summed E-state index contributed by atoms with van der Waals surface area (Å²) < 4.78 is 0. The summed E-state index contributed by atoms with van der Waals surface area (Å²) in [4.78, 5) is 14.6. The largest absolute Gasteiger partial charge is 0.362 e. The summed E-state index contributed by atoms with van der Waals surface area (Å²) in [6, 6.07) is 3.34. The van der Waals surface area contributed by atoms with E-state index in [2.05, 4.69) is 24.1 Å². The molecule has 1 unspecified atom stereocenters. The van der Waals surface area contributed by atoms with Crippen LogP contribution >= 0.6 is 0 Å². The minimum atomic E-state index is -0.391. The molecule has 0 aromatic carbocycles. The van der Waals surface area contributed by atoms with Crippen LogP contribution in [0.3, 0.4) is 0 Å². The van der Waals surface area contributed by atoms with Crippen molar-refractivity contribution in [1.82, 2.24) is 4.98 Å². The summed E-state index contributed by atoms with van der Waals surface area (Å²) in [5.41, 5.74) is 0.0510. The molecule has 0 saturated heterocycles. The highest BCUT2D eigenvalue weighted by Crippen LogP contribution is 2.23. The number of hydrogen-bond donors (Lipinski definition) is 1. The predicted molar refractivity (Wildman–Crippen MR) is 72.7 cm³/mol. The molecule has 0 aliphatic carbocycles. The van der Waals surface area contributed by atoms with Gasteiger partial charge in [0.05, 0.1) is 4.92 Å². The van der Waals surface area contributed by atoms with Crippen molar-refractivity contribution in [3.05, 3.63) is 28.4 Å². The lowest BCUT2D eigenvalue weighted by Gasteiger charge is -2.18. The Morgan fingerprint density at radius 1 is 1.39 bits per heavy atom. The average Bonchev–Trinajstić information content (AvgIpc) is 2.36. The first-order chi connectivity index (χ1) is 8.69. The molecule has 5 heteroatoms. The van der Waals surface area contributed by atoms with Gasteiger partial charge in [0.15, 0.2) is 0 Å². The number of hydrogen-bond acceptors (Lipinski definition) is 4. The zero-order valence-corrected chi connectivity index (χ0v) is 11.1. The zero-order chi connectivity index (χ0) is 13.4. The molecule has 1 aromatic heterocycles. The van der Waals surface area contributed by atoms with Crippen LogP contribution in [0.25, 0.3) is 0 Å². The molecule has 0 saturated carbocycles. The third-order valence-corrected chi connectivity index (χ3v) is 2.87. The molecule has 0 spiro atoms. The second kappa shape index (κ2) is 7.63. The van der Waals surface area contributed by atoms with Crippen molar-refractivity contribution >= 4 is 11.5 Å². The van der Waals surface area contributed by atoms with Gasteiger partial charge >= 0.3 is 5.69 Å². The van der Waals surface area contributed by atoms with Gasteiger partial charge in [0.1, 0.15) is 0 Å². The van der Waals surface area contributed by atoms with E-state index in [4.69, 9.17) is 0 Å². The predicted octanol–water partition coefficient (Wildman–Crippen LogP) is 3.76. The number of unbranched alkanes of at least 4 members (excludes halogenated alkanes) is 1.